The van der Waals surface area contributed by atoms with E-state index < -0.39 is 0 Å². The maximum Gasteiger partial charge on any atom is 0.107 e. The standard InChI is InChI=1S/C18H24N2OS/c1-13(21)10-15(14-6-3-2-4-7-14)11-19-12-18-20-16-8-5-9-17(16)22-18/h2-4,6-7,13,15,19,21H,5,8-12H2,1H3. The van der Waals surface area contributed by atoms with Gasteiger partial charge in [0.2, 0.25) is 0 Å². The number of nitrogens with one attached hydrogen (secondary N) is 1. The van der Waals surface area contributed by atoms with Crippen molar-refractivity contribution in [2.24, 2.45) is 0 Å². The number of aryl methyl sites for hydroxylation is 2. The van der Waals surface area contributed by atoms with Crippen LogP contribution >= 0.6 is 11.3 Å². The first kappa shape index (κ1) is 15.7. The molecule has 0 radical (unpaired) electrons. The van der Waals surface area contributed by atoms with Crippen molar-refractivity contribution < 1.29 is 5.11 Å². The summed E-state index contributed by atoms with van der Waals surface area (Å²) in [6.07, 6.45) is 4.13. The fourth-order valence-electron chi connectivity index (χ4n) is 3.15. The molecule has 1 heterocycles. The van der Waals surface area contributed by atoms with Gasteiger partial charge in [0, 0.05) is 18.0 Å². The minimum absolute atomic E-state index is 0.282. The fourth-order valence-corrected chi connectivity index (χ4v) is 4.27. The third-order valence-corrected chi connectivity index (χ3v) is 5.36. The van der Waals surface area contributed by atoms with Gasteiger partial charge in [-0.3, -0.25) is 0 Å². The van der Waals surface area contributed by atoms with Gasteiger partial charge in [-0.25, -0.2) is 4.98 Å². The van der Waals surface area contributed by atoms with E-state index in [2.05, 4.69) is 29.6 Å². The lowest BCUT2D eigenvalue weighted by Crippen LogP contribution is -2.23. The van der Waals surface area contributed by atoms with Crippen LogP contribution in [0.5, 0.6) is 0 Å². The number of aliphatic hydroxyl groups excluding tert-OH is 1. The molecule has 0 saturated carbocycles. The molecular weight excluding hydrogens is 292 g/mol. The van der Waals surface area contributed by atoms with Crippen molar-refractivity contribution in [3.8, 4) is 0 Å². The first-order valence-electron chi connectivity index (χ1n) is 8.13. The quantitative estimate of drug-likeness (QED) is 0.824. The highest BCUT2D eigenvalue weighted by atomic mass is 32.1. The van der Waals surface area contributed by atoms with Crippen LogP contribution in [0.3, 0.4) is 0 Å². The highest BCUT2D eigenvalue weighted by Crippen LogP contribution is 2.27. The summed E-state index contributed by atoms with van der Waals surface area (Å²) in [5.41, 5.74) is 2.61. The highest BCUT2D eigenvalue weighted by molar-refractivity contribution is 7.11. The molecule has 2 N–H and O–H groups in total. The third kappa shape index (κ3) is 3.94. The number of thiazole rings is 1. The Bertz CT molecular complexity index is 573. The van der Waals surface area contributed by atoms with Gasteiger partial charge in [0.15, 0.2) is 0 Å². The zero-order valence-corrected chi connectivity index (χ0v) is 13.9. The number of hydrogen-bond acceptors (Lipinski definition) is 4. The monoisotopic (exact) mass is 316 g/mol. The molecule has 2 unspecified atom stereocenters. The summed E-state index contributed by atoms with van der Waals surface area (Å²) in [6.45, 7) is 3.57. The van der Waals surface area contributed by atoms with E-state index in [4.69, 9.17) is 4.98 Å². The molecule has 1 aromatic heterocycles. The molecule has 2 aromatic rings. The Hall–Kier alpha value is -1.23. The molecule has 2 atom stereocenters. The summed E-state index contributed by atoms with van der Waals surface area (Å²) in [5, 5.41) is 14.5. The summed E-state index contributed by atoms with van der Waals surface area (Å²) in [5.74, 6) is 0.341. The molecule has 0 bridgehead atoms. The largest absolute Gasteiger partial charge is 0.393 e. The van der Waals surface area contributed by atoms with Crippen LogP contribution in [-0.2, 0) is 19.4 Å². The van der Waals surface area contributed by atoms with E-state index >= 15 is 0 Å². The van der Waals surface area contributed by atoms with Gasteiger partial charge in [0.05, 0.1) is 11.8 Å². The van der Waals surface area contributed by atoms with Crippen molar-refractivity contribution in [3.63, 3.8) is 0 Å². The summed E-state index contributed by atoms with van der Waals surface area (Å²) in [7, 11) is 0. The second kappa shape index (κ2) is 7.36. The number of aliphatic hydroxyl groups is 1. The van der Waals surface area contributed by atoms with Crippen LogP contribution < -0.4 is 5.32 Å². The van der Waals surface area contributed by atoms with Crippen molar-refractivity contribution in [2.75, 3.05) is 6.54 Å². The number of hydrogen-bond donors (Lipinski definition) is 2. The second-order valence-electron chi connectivity index (χ2n) is 6.15. The van der Waals surface area contributed by atoms with Crippen LogP contribution in [-0.4, -0.2) is 22.7 Å². The topological polar surface area (TPSA) is 45.1 Å². The molecule has 0 amide bonds. The minimum Gasteiger partial charge on any atom is -0.393 e. The van der Waals surface area contributed by atoms with Crippen LogP contribution in [0, 0.1) is 0 Å². The predicted octanol–water partition coefficient (Wildman–Crippen LogP) is 3.28. The Balaban J connectivity index is 1.56. The SMILES string of the molecule is CC(O)CC(CNCc1nc2c(s1)CCC2)c1ccccc1. The zero-order valence-electron chi connectivity index (χ0n) is 13.1. The normalized spacial score (nSPS) is 16.5. The number of aromatic nitrogens is 1. The molecule has 1 aliphatic rings. The Morgan fingerprint density at radius 1 is 1.27 bits per heavy atom. The Morgan fingerprint density at radius 3 is 2.82 bits per heavy atom. The average Bonchev–Trinajstić information content (AvgIpc) is 3.08. The molecule has 1 aliphatic carbocycles. The summed E-state index contributed by atoms with van der Waals surface area (Å²) < 4.78 is 0. The maximum absolute atomic E-state index is 9.74. The maximum atomic E-state index is 9.74. The van der Waals surface area contributed by atoms with Crippen LogP contribution in [0.2, 0.25) is 0 Å². The number of rotatable bonds is 7. The lowest BCUT2D eigenvalue weighted by atomic mass is 9.93. The van der Waals surface area contributed by atoms with Crippen LogP contribution in [0.25, 0.3) is 0 Å². The molecule has 118 valence electrons. The van der Waals surface area contributed by atoms with E-state index in [-0.39, 0.29) is 6.10 Å². The Labute approximate surface area is 136 Å². The molecule has 0 spiro atoms. The van der Waals surface area contributed by atoms with E-state index in [0.29, 0.717) is 5.92 Å². The first-order chi connectivity index (χ1) is 10.7. The number of nitrogens with zero attached hydrogens (tertiary/aromatic N) is 1. The molecule has 3 nitrogen and oxygen atoms in total. The van der Waals surface area contributed by atoms with Crippen molar-refractivity contribution in [3.05, 3.63) is 51.5 Å². The molecule has 3 rings (SSSR count). The number of benzene rings is 1. The summed E-state index contributed by atoms with van der Waals surface area (Å²) in [6, 6.07) is 10.5. The third-order valence-electron chi connectivity index (χ3n) is 4.20. The summed E-state index contributed by atoms with van der Waals surface area (Å²) >= 11 is 1.86. The van der Waals surface area contributed by atoms with Crippen LogP contribution in [0.4, 0.5) is 0 Å². The van der Waals surface area contributed by atoms with Crippen molar-refractivity contribution in [2.45, 2.75) is 51.2 Å². The Kier molecular flexibility index (Phi) is 5.24. The Morgan fingerprint density at radius 2 is 2.09 bits per heavy atom. The van der Waals surface area contributed by atoms with Crippen LogP contribution in [0.1, 0.15) is 46.8 Å². The van der Waals surface area contributed by atoms with E-state index in [9.17, 15) is 5.11 Å². The highest BCUT2D eigenvalue weighted by Gasteiger charge is 2.17. The van der Waals surface area contributed by atoms with Gasteiger partial charge >= 0.3 is 0 Å². The van der Waals surface area contributed by atoms with E-state index in [1.54, 1.807) is 0 Å². The molecule has 0 aliphatic heterocycles. The second-order valence-corrected chi connectivity index (χ2v) is 7.32. The lowest BCUT2D eigenvalue weighted by molar-refractivity contribution is 0.173. The number of fused-ring (bicyclic) bond motifs is 1. The molecule has 0 fully saturated rings. The van der Waals surface area contributed by atoms with E-state index in [1.807, 2.05) is 24.3 Å². The molecule has 4 heteroatoms. The van der Waals surface area contributed by atoms with Gasteiger partial charge in [-0.1, -0.05) is 30.3 Å². The van der Waals surface area contributed by atoms with Crippen molar-refractivity contribution in [1.29, 1.82) is 0 Å². The van der Waals surface area contributed by atoms with Crippen molar-refractivity contribution in [1.82, 2.24) is 10.3 Å². The molecular formula is C18H24N2OS. The van der Waals surface area contributed by atoms with Gasteiger partial charge in [-0.15, -0.1) is 11.3 Å². The lowest BCUT2D eigenvalue weighted by Gasteiger charge is -2.19. The predicted molar refractivity (Wildman–Crippen MR) is 91.3 cm³/mol. The molecule has 1 aromatic carbocycles. The van der Waals surface area contributed by atoms with E-state index in [1.165, 1.54) is 34.0 Å². The van der Waals surface area contributed by atoms with Gasteiger partial charge in [-0.05, 0) is 44.1 Å². The minimum atomic E-state index is -0.282. The first-order valence-corrected chi connectivity index (χ1v) is 8.95. The zero-order chi connectivity index (χ0) is 15.4. The van der Waals surface area contributed by atoms with Gasteiger partial charge in [0.1, 0.15) is 5.01 Å². The molecule has 0 saturated heterocycles. The smallest absolute Gasteiger partial charge is 0.107 e. The van der Waals surface area contributed by atoms with Crippen LogP contribution in [0.15, 0.2) is 30.3 Å². The fraction of sp³-hybridized carbons (Fsp3) is 0.500. The van der Waals surface area contributed by atoms with Gasteiger partial charge in [-0.2, -0.15) is 0 Å². The average molecular weight is 316 g/mol. The van der Waals surface area contributed by atoms with Gasteiger partial charge < -0.3 is 10.4 Å². The summed E-state index contributed by atoms with van der Waals surface area (Å²) in [4.78, 5) is 6.21. The molecule has 22 heavy (non-hydrogen) atoms. The van der Waals surface area contributed by atoms with Crippen molar-refractivity contribution >= 4 is 11.3 Å². The van der Waals surface area contributed by atoms with E-state index in [0.717, 1.165) is 25.9 Å². The van der Waals surface area contributed by atoms with Gasteiger partial charge in [0.25, 0.3) is 0 Å².